The molecule has 2 aromatic heterocycles. The van der Waals surface area contributed by atoms with Gasteiger partial charge >= 0.3 is 0 Å². The fourth-order valence-electron chi connectivity index (χ4n) is 5.27. The lowest BCUT2D eigenvalue weighted by Crippen LogP contribution is -2.66. The highest BCUT2D eigenvalue weighted by atomic mass is 35.5. The molecule has 0 aliphatic carbocycles. The van der Waals surface area contributed by atoms with Crippen LogP contribution in [0.5, 0.6) is 0 Å². The average molecular weight is 467 g/mol. The van der Waals surface area contributed by atoms with Gasteiger partial charge in [0, 0.05) is 31.7 Å². The van der Waals surface area contributed by atoms with E-state index < -0.39 is 0 Å². The molecule has 0 radical (unpaired) electrons. The number of hydrogen-bond acceptors (Lipinski definition) is 5. The Morgan fingerprint density at radius 3 is 2.84 bits per heavy atom. The first-order chi connectivity index (χ1) is 14.2. The van der Waals surface area contributed by atoms with Crippen LogP contribution < -0.4 is 10.6 Å². The molecule has 168 valence electrons. The summed E-state index contributed by atoms with van der Waals surface area (Å²) in [5.41, 5.74) is 1.76. The minimum Gasteiger partial charge on any atom is -0.349 e. The van der Waals surface area contributed by atoms with E-state index in [1.165, 1.54) is 0 Å². The molecular formula is C21H28Cl2N6O2. The number of aromatic amines is 1. The molecule has 10 heteroatoms. The summed E-state index contributed by atoms with van der Waals surface area (Å²) in [5.74, 6) is 0.972. The molecule has 3 saturated heterocycles. The van der Waals surface area contributed by atoms with Crippen LogP contribution in [0.25, 0.3) is 11.4 Å². The van der Waals surface area contributed by atoms with E-state index in [2.05, 4.69) is 30.7 Å². The Kier molecular flexibility index (Phi) is 7.56. The first kappa shape index (κ1) is 23.5. The van der Waals surface area contributed by atoms with Gasteiger partial charge in [-0.1, -0.05) is 6.07 Å². The van der Waals surface area contributed by atoms with Gasteiger partial charge in [-0.15, -0.1) is 24.8 Å². The first-order valence-electron chi connectivity index (χ1n) is 10.5. The molecule has 8 nitrogen and oxygen atoms in total. The second-order valence-corrected chi connectivity index (χ2v) is 8.33. The third kappa shape index (κ3) is 4.56. The number of rotatable bonds is 4. The number of pyridine rings is 1. The lowest BCUT2D eigenvalue weighted by atomic mass is 9.72. The molecule has 3 N–H and O–H groups in total. The largest absolute Gasteiger partial charge is 0.349 e. The van der Waals surface area contributed by atoms with Crippen molar-refractivity contribution in [2.24, 2.45) is 11.8 Å². The highest BCUT2D eigenvalue weighted by Gasteiger charge is 2.47. The van der Waals surface area contributed by atoms with Crippen molar-refractivity contribution >= 4 is 36.6 Å². The molecule has 3 aliphatic heterocycles. The van der Waals surface area contributed by atoms with Gasteiger partial charge in [0.05, 0.1) is 11.7 Å². The number of carbonyl (C=O) groups is 2. The number of nitrogens with zero attached hydrogens (tertiary/aromatic N) is 3. The molecule has 2 amide bonds. The zero-order chi connectivity index (χ0) is 19.8. The van der Waals surface area contributed by atoms with E-state index in [1.807, 2.05) is 18.2 Å². The molecule has 3 aliphatic rings. The maximum absolute atomic E-state index is 12.7. The quantitative estimate of drug-likeness (QED) is 0.639. The van der Waals surface area contributed by atoms with Gasteiger partial charge in [-0.2, -0.15) is 5.10 Å². The third-order valence-corrected chi connectivity index (χ3v) is 6.62. The molecule has 3 fully saturated rings. The molecule has 0 unspecified atom stereocenters. The zero-order valence-electron chi connectivity index (χ0n) is 17.1. The zero-order valence-corrected chi connectivity index (χ0v) is 18.8. The van der Waals surface area contributed by atoms with Crippen molar-refractivity contribution in [2.75, 3.05) is 19.6 Å². The van der Waals surface area contributed by atoms with Crippen LogP contribution in [0.2, 0.25) is 0 Å². The van der Waals surface area contributed by atoms with E-state index in [-0.39, 0.29) is 42.7 Å². The number of amides is 2. The Morgan fingerprint density at radius 2 is 2.03 bits per heavy atom. The average Bonchev–Trinajstić information content (AvgIpc) is 3.25. The standard InChI is InChI=1S/C21H26N6O2.2ClH/c28-20-6-3-5-18-13-8-14(11-22-10-13)19(27(18)20)12-24-21(29)17-9-16(25-26-17)15-4-1-2-7-23-15;;/h1-2,4,7,9,13-14,18-19,22H,3,5-6,8,10-12H2,(H,24,29)(H,25,26);2*1H/t13-,14+,18+,19+;;/m1../s1. The Bertz CT molecular complexity index is 908. The van der Waals surface area contributed by atoms with Crippen molar-refractivity contribution in [1.29, 1.82) is 0 Å². The van der Waals surface area contributed by atoms with Gasteiger partial charge in [-0.3, -0.25) is 19.7 Å². The van der Waals surface area contributed by atoms with Gasteiger partial charge in [0.1, 0.15) is 11.4 Å². The second-order valence-electron chi connectivity index (χ2n) is 8.33. The number of carbonyl (C=O) groups excluding carboxylic acids is 2. The van der Waals surface area contributed by atoms with E-state index >= 15 is 0 Å². The molecule has 2 bridgehead atoms. The number of aromatic nitrogens is 3. The molecule has 0 saturated carbocycles. The predicted molar refractivity (Wildman–Crippen MR) is 121 cm³/mol. The van der Waals surface area contributed by atoms with E-state index in [4.69, 9.17) is 0 Å². The SMILES string of the molecule is Cl.Cl.O=C(NC[C@H]1[C@@H]2CNC[C@@H](C2)[C@@H]2CCCC(=O)N21)c1cc(-c2ccccn2)n[nH]1. The fraction of sp³-hybridized carbons (Fsp3) is 0.524. The molecule has 2 aromatic rings. The number of fused-ring (bicyclic) bond motifs is 4. The van der Waals surface area contributed by atoms with Crippen molar-refractivity contribution in [1.82, 2.24) is 30.7 Å². The minimum absolute atomic E-state index is 0. The van der Waals surface area contributed by atoms with Crippen LogP contribution in [-0.2, 0) is 4.79 Å². The molecule has 31 heavy (non-hydrogen) atoms. The summed E-state index contributed by atoms with van der Waals surface area (Å²) in [6.07, 6.45) is 5.51. The monoisotopic (exact) mass is 466 g/mol. The van der Waals surface area contributed by atoms with E-state index in [1.54, 1.807) is 12.3 Å². The molecule has 5 heterocycles. The maximum Gasteiger partial charge on any atom is 0.269 e. The van der Waals surface area contributed by atoms with Crippen molar-refractivity contribution in [3.63, 3.8) is 0 Å². The molecule has 0 aromatic carbocycles. The van der Waals surface area contributed by atoms with Gasteiger partial charge in [0.2, 0.25) is 5.91 Å². The van der Waals surface area contributed by atoms with Crippen LogP contribution in [0.1, 0.15) is 36.2 Å². The number of piperidine rings is 3. The van der Waals surface area contributed by atoms with E-state index in [9.17, 15) is 9.59 Å². The van der Waals surface area contributed by atoms with Gasteiger partial charge in [0.15, 0.2) is 0 Å². The normalized spacial score (nSPS) is 26.8. The van der Waals surface area contributed by atoms with Crippen LogP contribution in [0, 0.1) is 11.8 Å². The third-order valence-electron chi connectivity index (χ3n) is 6.62. The lowest BCUT2D eigenvalue weighted by molar-refractivity contribution is -0.148. The van der Waals surface area contributed by atoms with Crippen molar-refractivity contribution < 1.29 is 9.59 Å². The highest BCUT2D eigenvalue weighted by molar-refractivity contribution is 5.93. The van der Waals surface area contributed by atoms with E-state index in [0.29, 0.717) is 42.2 Å². The number of halogens is 2. The summed E-state index contributed by atoms with van der Waals surface area (Å²) in [7, 11) is 0. The summed E-state index contributed by atoms with van der Waals surface area (Å²) in [6.45, 7) is 2.37. The Morgan fingerprint density at radius 1 is 1.19 bits per heavy atom. The Hall–Kier alpha value is -2.16. The number of nitrogens with one attached hydrogen (secondary N) is 3. The summed E-state index contributed by atoms with van der Waals surface area (Å²) >= 11 is 0. The molecule has 0 spiro atoms. The molecule has 5 rings (SSSR count). The highest BCUT2D eigenvalue weighted by Crippen LogP contribution is 2.39. The number of H-pyrrole nitrogens is 1. The van der Waals surface area contributed by atoms with Gasteiger partial charge in [-0.05, 0) is 55.8 Å². The summed E-state index contributed by atoms with van der Waals surface area (Å²) in [4.78, 5) is 31.8. The van der Waals surface area contributed by atoms with Crippen molar-refractivity contribution in [3.8, 4) is 11.4 Å². The predicted octanol–water partition coefficient (Wildman–Crippen LogP) is 2.03. The Balaban J connectivity index is 0.00000136. The fourth-order valence-corrected chi connectivity index (χ4v) is 5.27. The summed E-state index contributed by atoms with van der Waals surface area (Å²) < 4.78 is 0. The maximum atomic E-state index is 12.7. The van der Waals surface area contributed by atoms with Crippen LogP contribution >= 0.6 is 24.8 Å². The van der Waals surface area contributed by atoms with Gasteiger partial charge in [0.25, 0.3) is 5.91 Å². The van der Waals surface area contributed by atoms with Crippen LogP contribution in [0.3, 0.4) is 0 Å². The van der Waals surface area contributed by atoms with Crippen molar-refractivity contribution in [2.45, 2.75) is 37.8 Å². The molecular weight excluding hydrogens is 439 g/mol. The smallest absolute Gasteiger partial charge is 0.269 e. The lowest BCUT2D eigenvalue weighted by Gasteiger charge is -2.54. The van der Waals surface area contributed by atoms with Crippen LogP contribution in [0.4, 0.5) is 0 Å². The second kappa shape index (κ2) is 9.97. The van der Waals surface area contributed by atoms with Crippen LogP contribution in [0.15, 0.2) is 30.5 Å². The summed E-state index contributed by atoms with van der Waals surface area (Å²) in [5, 5.41) is 13.6. The van der Waals surface area contributed by atoms with Gasteiger partial charge < -0.3 is 15.5 Å². The Labute approximate surface area is 193 Å². The van der Waals surface area contributed by atoms with Gasteiger partial charge in [-0.25, -0.2) is 0 Å². The van der Waals surface area contributed by atoms with Crippen LogP contribution in [-0.4, -0.2) is 63.6 Å². The topological polar surface area (TPSA) is 103 Å². The minimum atomic E-state index is -0.202. The molecule has 4 atom stereocenters. The number of hydrogen-bond donors (Lipinski definition) is 3. The first-order valence-corrected chi connectivity index (χ1v) is 10.5. The summed E-state index contributed by atoms with van der Waals surface area (Å²) in [6, 6.07) is 7.66. The van der Waals surface area contributed by atoms with E-state index in [0.717, 1.165) is 38.0 Å². The van der Waals surface area contributed by atoms with Crippen molar-refractivity contribution in [3.05, 3.63) is 36.2 Å².